The SMILES string of the molecule is Fc1cc(-c2n[nH]c(=S)n2/N=C/c2ccc(Cl)cc2)c(Cl)cc1Cl. The zero-order valence-electron chi connectivity index (χ0n) is 11.8. The maximum absolute atomic E-state index is 13.8. The molecule has 4 nitrogen and oxygen atoms in total. The van der Waals surface area contributed by atoms with Crippen LogP contribution in [0.1, 0.15) is 5.56 Å². The largest absolute Gasteiger partial charge is 0.250 e. The molecule has 0 unspecified atom stereocenters. The minimum atomic E-state index is -0.613. The van der Waals surface area contributed by atoms with Crippen molar-refractivity contribution in [1.82, 2.24) is 14.9 Å². The van der Waals surface area contributed by atoms with Crippen molar-refractivity contribution in [3.05, 3.63) is 67.6 Å². The minimum absolute atomic E-state index is 0.0749. The first-order chi connectivity index (χ1) is 11.5. The number of nitrogens with one attached hydrogen (secondary N) is 1. The highest BCUT2D eigenvalue weighted by atomic mass is 35.5. The predicted octanol–water partition coefficient (Wildman–Crippen LogP) is 5.59. The van der Waals surface area contributed by atoms with Crippen molar-refractivity contribution in [3.63, 3.8) is 0 Å². The Hall–Kier alpha value is -1.73. The van der Waals surface area contributed by atoms with Crippen molar-refractivity contribution >= 4 is 53.2 Å². The Balaban J connectivity index is 2.05. The van der Waals surface area contributed by atoms with Gasteiger partial charge >= 0.3 is 0 Å². The van der Waals surface area contributed by atoms with Crippen LogP contribution in [0, 0.1) is 10.6 Å². The minimum Gasteiger partial charge on any atom is -0.250 e. The summed E-state index contributed by atoms with van der Waals surface area (Å²) in [4.78, 5) is 0. The van der Waals surface area contributed by atoms with Crippen LogP contribution in [0.4, 0.5) is 4.39 Å². The van der Waals surface area contributed by atoms with Crippen molar-refractivity contribution in [3.8, 4) is 11.4 Å². The van der Waals surface area contributed by atoms with Crippen LogP contribution in [0.15, 0.2) is 41.5 Å². The fourth-order valence-corrected chi connectivity index (χ4v) is 2.71. The molecular weight excluding hydrogens is 394 g/mol. The number of aromatic amines is 1. The highest BCUT2D eigenvalue weighted by Crippen LogP contribution is 2.31. The van der Waals surface area contributed by atoms with Crippen LogP contribution in [-0.4, -0.2) is 21.1 Å². The third kappa shape index (κ3) is 3.52. The number of aromatic nitrogens is 3. The molecule has 0 aliphatic carbocycles. The van der Waals surface area contributed by atoms with Gasteiger partial charge in [0, 0.05) is 10.6 Å². The average Bonchev–Trinajstić information content (AvgIpc) is 2.91. The molecule has 0 aliphatic heterocycles. The fourth-order valence-electron chi connectivity index (χ4n) is 1.94. The Labute approximate surface area is 156 Å². The average molecular weight is 402 g/mol. The van der Waals surface area contributed by atoms with Gasteiger partial charge in [0.05, 0.1) is 16.3 Å². The van der Waals surface area contributed by atoms with E-state index in [4.69, 9.17) is 47.0 Å². The summed E-state index contributed by atoms with van der Waals surface area (Å²) >= 11 is 22.9. The molecule has 1 heterocycles. The lowest BCUT2D eigenvalue weighted by Gasteiger charge is -2.05. The summed E-state index contributed by atoms with van der Waals surface area (Å²) in [6, 6.07) is 9.56. The molecule has 3 rings (SSSR count). The van der Waals surface area contributed by atoms with Gasteiger partial charge < -0.3 is 0 Å². The predicted molar refractivity (Wildman–Crippen MR) is 97.3 cm³/mol. The van der Waals surface area contributed by atoms with E-state index in [1.165, 1.54) is 16.8 Å². The van der Waals surface area contributed by atoms with E-state index in [9.17, 15) is 4.39 Å². The van der Waals surface area contributed by atoms with Crippen molar-refractivity contribution in [2.75, 3.05) is 0 Å². The Morgan fingerprint density at radius 1 is 1.12 bits per heavy atom. The van der Waals surface area contributed by atoms with Gasteiger partial charge in [-0.2, -0.15) is 14.9 Å². The molecule has 1 aromatic heterocycles. The maximum atomic E-state index is 13.8. The van der Waals surface area contributed by atoms with Crippen LogP contribution in [-0.2, 0) is 0 Å². The molecule has 0 radical (unpaired) electrons. The first-order valence-corrected chi connectivity index (χ1v) is 8.12. The summed E-state index contributed by atoms with van der Waals surface area (Å²) in [6.07, 6.45) is 1.57. The van der Waals surface area contributed by atoms with Crippen LogP contribution in [0.3, 0.4) is 0 Å². The molecule has 0 spiro atoms. The van der Waals surface area contributed by atoms with E-state index in [-0.39, 0.29) is 20.6 Å². The van der Waals surface area contributed by atoms with Gasteiger partial charge in [0.1, 0.15) is 5.82 Å². The molecule has 122 valence electrons. The van der Waals surface area contributed by atoms with Gasteiger partial charge in [0.15, 0.2) is 5.82 Å². The van der Waals surface area contributed by atoms with Crippen molar-refractivity contribution in [1.29, 1.82) is 0 Å². The van der Waals surface area contributed by atoms with E-state index < -0.39 is 5.82 Å². The van der Waals surface area contributed by atoms with Gasteiger partial charge in [-0.15, -0.1) is 0 Å². The van der Waals surface area contributed by atoms with Crippen molar-refractivity contribution in [2.24, 2.45) is 5.10 Å². The second kappa shape index (κ2) is 7.03. The molecule has 0 amide bonds. The summed E-state index contributed by atoms with van der Waals surface area (Å²) < 4.78 is 15.3. The zero-order chi connectivity index (χ0) is 17.3. The number of halogens is 4. The molecule has 0 saturated carbocycles. The topological polar surface area (TPSA) is 46.0 Å². The van der Waals surface area contributed by atoms with E-state index in [0.717, 1.165) is 5.56 Å². The Morgan fingerprint density at radius 2 is 1.83 bits per heavy atom. The standard InChI is InChI=1S/C15H8Cl3FN4S/c16-9-3-1-8(2-4-9)7-20-23-14(21-22-15(23)24)10-5-13(19)12(18)6-11(10)17/h1-7H,(H,22,24)/b20-7+. The number of benzene rings is 2. The van der Waals surface area contributed by atoms with Crippen LogP contribution < -0.4 is 0 Å². The lowest BCUT2D eigenvalue weighted by molar-refractivity contribution is 0.628. The third-order valence-corrected chi connectivity index (χ3v) is 4.21. The lowest BCUT2D eigenvalue weighted by atomic mass is 10.2. The monoisotopic (exact) mass is 400 g/mol. The molecule has 3 aromatic rings. The fraction of sp³-hybridized carbons (Fsp3) is 0. The molecule has 0 bridgehead atoms. The van der Waals surface area contributed by atoms with E-state index in [2.05, 4.69) is 15.3 Å². The Morgan fingerprint density at radius 3 is 2.54 bits per heavy atom. The highest BCUT2D eigenvalue weighted by molar-refractivity contribution is 7.71. The molecule has 0 aliphatic rings. The summed E-state index contributed by atoms with van der Waals surface area (Å²) in [5.74, 6) is -0.344. The normalized spacial score (nSPS) is 11.3. The molecule has 9 heteroatoms. The molecule has 2 aromatic carbocycles. The van der Waals surface area contributed by atoms with E-state index >= 15 is 0 Å². The molecule has 24 heavy (non-hydrogen) atoms. The lowest BCUT2D eigenvalue weighted by Crippen LogP contribution is -1.96. The van der Waals surface area contributed by atoms with E-state index in [1.807, 2.05) is 0 Å². The molecule has 1 N–H and O–H groups in total. The Bertz CT molecular complexity index is 979. The second-order valence-electron chi connectivity index (χ2n) is 4.71. The molecular formula is C15H8Cl3FN4S. The zero-order valence-corrected chi connectivity index (χ0v) is 14.9. The summed E-state index contributed by atoms with van der Waals surface area (Å²) in [6.45, 7) is 0. The Kier molecular flexibility index (Phi) is 5.01. The van der Waals surface area contributed by atoms with Gasteiger partial charge in [-0.3, -0.25) is 0 Å². The highest BCUT2D eigenvalue weighted by Gasteiger charge is 2.15. The first-order valence-electron chi connectivity index (χ1n) is 6.58. The number of hydrogen-bond acceptors (Lipinski definition) is 3. The molecule has 0 fully saturated rings. The first kappa shape index (κ1) is 17.1. The van der Waals surface area contributed by atoms with Gasteiger partial charge in [0.25, 0.3) is 0 Å². The van der Waals surface area contributed by atoms with Crippen LogP contribution in [0.25, 0.3) is 11.4 Å². The number of H-pyrrole nitrogens is 1. The van der Waals surface area contributed by atoms with Gasteiger partial charge in [-0.05, 0) is 42.0 Å². The number of nitrogens with zero attached hydrogens (tertiary/aromatic N) is 3. The smallest absolute Gasteiger partial charge is 0.216 e. The molecule has 0 saturated heterocycles. The molecule has 0 atom stereocenters. The third-order valence-electron chi connectivity index (χ3n) is 3.09. The van der Waals surface area contributed by atoms with Gasteiger partial charge in [-0.1, -0.05) is 46.9 Å². The van der Waals surface area contributed by atoms with Gasteiger partial charge in [-0.25, -0.2) is 9.49 Å². The van der Waals surface area contributed by atoms with E-state index in [1.54, 1.807) is 30.5 Å². The van der Waals surface area contributed by atoms with Crippen molar-refractivity contribution < 1.29 is 4.39 Å². The van der Waals surface area contributed by atoms with Crippen LogP contribution in [0.5, 0.6) is 0 Å². The maximum Gasteiger partial charge on any atom is 0.216 e. The summed E-state index contributed by atoms with van der Waals surface area (Å²) in [5, 5.41) is 11.7. The van der Waals surface area contributed by atoms with E-state index in [0.29, 0.717) is 10.6 Å². The van der Waals surface area contributed by atoms with Crippen LogP contribution in [0.2, 0.25) is 15.1 Å². The van der Waals surface area contributed by atoms with Crippen LogP contribution >= 0.6 is 47.0 Å². The van der Waals surface area contributed by atoms with Crippen molar-refractivity contribution in [2.45, 2.75) is 0 Å². The summed E-state index contributed by atoms with van der Waals surface area (Å²) in [5.41, 5.74) is 1.13. The quantitative estimate of drug-likeness (QED) is 0.353. The van der Waals surface area contributed by atoms with Gasteiger partial charge in [0.2, 0.25) is 4.77 Å². The summed E-state index contributed by atoms with van der Waals surface area (Å²) in [7, 11) is 0. The number of hydrogen-bond donors (Lipinski definition) is 1. The number of rotatable bonds is 3. The second-order valence-corrected chi connectivity index (χ2v) is 6.34.